The van der Waals surface area contributed by atoms with Crippen LogP contribution in [0.4, 0.5) is 11.4 Å². The SMILES string of the molecule is CC1=C[C@@H]2N(c3ccccc31)[C@H](C(=O)c1ccccc1Cl)[C@H](C(=O)c1ccc3c(c1)OCO3)[C@@]21C(=O)Nc2ccccc21. The molecule has 0 radical (unpaired) electrons. The van der Waals surface area contributed by atoms with Gasteiger partial charge in [-0.05, 0) is 60.5 Å². The van der Waals surface area contributed by atoms with Crippen LogP contribution in [0, 0.1) is 5.92 Å². The second kappa shape index (κ2) is 9.31. The lowest BCUT2D eigenvalue weighted by atomic mass is 9.64. The lowest BCUT2D eigenvalue weighted by Crippen LogP contribution is -2.51. The van der Waals surface area contributed by atoms with E-state index in [2.05, 4.69) is 5.32 Å². The number of Topliss-reactive ketones (excluding diaryl/α,β-unsaturated/α-hetero) is 2. The highest BCUT2D eigenvalue weighted by molar-refractivity contribution is 6.34. The number of allylic oxidation sites excluding steroid dienone is 1. The molecule has 4 aromatic rings. The fraction of sp³-hybridized carbons (Fsp3) is 0.171. The Labute approximate surface area is 252 Å². The number of benzene rings is 4. The van der Waals surface area contributed by atoms with Gasteiger partial charge in [0, 0.05) is 28.1 Å². The number of fused-ring (bicyclic) bond motifs is 7. The smallest absolute Gasteiger partial charge is 0.238 e. The average Bonchev–Trinajstić information content (AvgIpc) is 3.70. The first-order chi connectivity index (χ1) is 20.9. The first kappa shape index (κ1) is 25.8. The maximum absolute atomic E-state index is 15.0. The largest absolute Gasteiger partial charge is 0.454 e. The van der Waals surface area contributed by atoms with Crippen LogP contribution in [0.15, 0.2) is 97.1 Å². The number of carbonyl (C=O) groups is 3. The van der Waals surface area contributed by atoms with Crippen molar-refractivity contribution in [1.29, 1.82) is 0 Å². The van der Waals surface area contributed by atoms with Gasteiger partial charge in [0.05, 0.1) is 17.0 Å². The average molecular weight is 589 g/mol. The number of hydrogen-bond donors (Lipinski definition) is 1. The van der Waals surface area contributed by atoms with Crippen LogP contribution in [0.25, 0.3) is 5.57 Å². The Hall–Kier alpha value is -4.88. The molecule has 0 aliphatic carbocycles. The third kappa shape index (κ3) is 3.45. The number of carbonyl (C=O) groups excluding carboxylic acids is 3. The summed E-state index contributed by atoms with van der Waals surface area (Å²) in [4.78, 5) is 46.4. The van der Waals surface area contributed by atoms with Gasteiger partial charge in [-0.25, -0.2) is 0 Å². The summed E-state index contributed by atoms with van der Waals surface area (Å²) in [7, 11) is 0. The van der Waals surface area contributed by atoms with E-state index in [9.17, 15) is 9.59 Å². The van der Waals surface area contributed by atoms with Gasteiger partial charge in [-0.1, -0.05) is 66.2 Å². The Morgan fingerprint density at radius 2 is 1.65 bits per heavy atom. The predicted molar refractivity (Wildman–Crippen MR) is 163 cm³/mol. The van der Waals surface area contributed by atoms with Crippen molar-refractivity contribution in [1.82, 2.24) is 0 Å². The quantitative estimate of drug-likeness (QED) is 0.281. The highest BCUT2D eigenvalue weighted by Crippen LogP contribution is 2.59. The van der Waals surface area contributed by atoms with Crippen LogP contribution in [-0.4, -0.2) is 36.4 Å². The number of halogens is 1. The summed E-state index contributed by atoms with van der Waals surface area (Å²) in [5, 5.41) is 3.35. The van der Waals surface area contributed by atoms with Gasteiger partial charge in [0.25, 0.3) is 0 Å². The third-order valence-electron chi connectivity index (χ3n) is 9.23. The summed E-state index contributed by atoms with van der Waals surface area (Å²) in [6.45, 7) is 2.06. The van der Waals surface area contributed by atoms with Crippen LogP contribution in [0.5, 0.6) is 11.5 Å². The van der Waals surface area contributed by atoms with Gasteiger partial charge in [0.15, 0.2) is 23.1 Å². The molecule has 1 spiro atoms. The molecule has 1 N–H and O–H groups in total. The molecule has 43 heavy (non-hydrogen) atoms. The first-order valence-corrected chi connectivity index (χ1v) is 14.5. The van der Waals surface area contributed by atoms with Crippen molar-refractivity contribution < 1.29 is 23.9 Å². The minimum atomic E-state index is -1.42. The Morgan fingerprint density at radius 1 is 0.907 bits per heavy atom. The Bertz CT molecular complexity index is 1920. The minimum Gasteiger partial charge on any atom is -0.454 e. The molecule has 8 heteroatoms. The molecule has 4 heterocycles. The van der Waals surface area contributed by atoms with E-state index in [0.717, 1.165) is 16.8 Å². The summed E-state index contributed by atoms with van der Waals surface area (Å²) in [6.07, 6.45) is 2.03. The summed E-state index contributed by atoms with van der Waals surface area (Å²) >= 11 is 6.62. The number of rotatable bonds is 4. The Balaban J connectivity index is 1.44. The van der Waals surface area contributed by atoms with Crippen LogP contribution in [0.2, 0.25) is 5.02 Å². The first-order valence-electron chi connectivity index (χ1n) is 14.1. The van der Waals surface area contributed by atoms with Gasteiger partial charge in [0.1, 0.15) is 11.5 Å². The summed E-state index contributed by atoms with van der Waals surface area (Å²) < 4.78 is 11.1. The van der Waals surface area contributed by atoms with E-state index in [1.807, 2.05) is 66.4 Å². The molecule has 4 aliphatic heterocycles. The molecule has 8 rings (SSSR count). The zero-order valence-electron chi connectivity index (χ0n) is 23.0. The number of anilines is 2. The number of nitrogens with one attached hydrogen (secondary N) is 1. The van der Waals surface area contributed by atoms with Gasteiger partial charge >= 0.3 is 0 Å². The molecule has 0 aromatic heterocycles. The second-order valence-corrected chi connectivity index (χ2v) is 11.7. The molecule has 212 valence electrons. The molecule has 0 bridgehead atoms. The topological polar surface area (TPSA) is 84.9 Å². The van der Waals surface area contributed by atoms with Gasteiger partial charge in [0.2, 0.25) is 12.7 Å². The van der Waals surface area contributed by atoms with Gasteiger partial charge in [-0.3, -0.25) is 14.4 Å². The Kier molecular flexibility index (Phi) is 5.59. The lowest BCUT2D eigenvalue weighted by molar-refractivity contribution is -0.121. The van der Waals surface area contributed by atoms with Crippen molar-refractivity contribution in [3.8, 4) is 11.5 Å². The zero-order valence-corrected chi connectivity index (χ0v) is 23.8. The van der Waals surface area contributed by atoms with Crippen molar-refractivity contribution in [2.45, 2.75) is 24.4 Å². The molecule has 0 saturated carbocycles. The molecule has 4 atom stereocenters. The molecule has 1 saturated heterocycles. The molecule has 0 unspecified atom stereocenters. The molecule has 4 aromatic carbocycles. The fourth-order valence-corrected chi connectivity index (χ4v) is 7.67. The highest BCUT2D eigenvalue weighted by Gasteiger charge is 2.70. The summed E-state index contributed by atoms with van der Waals surface area (Å²) in [5.41, 5.74) is 3.22. The fourth-order valence-electron chi connectivity index (χ4n) is 7.44. The van der Waals surface area contributed by atoms with Crippen LogP contribution >= 0.6 is 11.6 Å². The molecular weight excluding hydrogens is 564 g/mol. The lowest BCUT2D eigenvalue weighted by Gasteiger charge is -2.39. The third-order valence-corrected chi connectivity index (χ3v) is 9.56. The van der Waals surface area contributed by atoms with Gasteiger partial charge < -0.3 is 19.7 Å². The second-order valence-electron chi connectivity index (χ2n) is 11.3. The molecular formula is C35H25ClN2O5. The van der Waals surface area contributed by atoms with Crippen LogP contribution in [-0.2, 0) is 10.2 Å². The van der Waals surface area contributed by atoms with Gasteiger partial charge in [-0.15, -0.1) is 0 Å². The predicted octanol–water partition coefficient (Wildman–Crippen LogP) is 6.31. The van der Waals surface area contributed by atoms with E-state index in [0.29, 0.717) is 33.9 Å². The number of ketones is 2. The number of para-hydroxylation sites is 2. The number of nitrogens with zero attached hydrogens (tertiary/aromatic N) is 1. The molecule has 7 nitrogen and oxygen atoms in total. The maximum Gasteiger partial charge on any atom is 0.238 e. The zero-order chi connectivity index (χ0) is 29.5. The van der Waals surface area contributed by atoms with E-state index >= 15 is 4.79 Å². The van der Waals surface area contributed by atoms with E-state index in [-0.39, 0.29) is 29.3 Å². The van der Waals surface area contributed by atoms with Crippen molar-refractivity contribution >= 4 is 46.0 Å². The van der Waals surface area contributed by atoms with E-state index in [1.54, 1.807) is 42.5 Å². The van der Waals surface area contributed by atoms with E-state index in [4.69, 9.17) is 21.1 Å². The number of amides is 1. The van der Waals surface area contributed by atoms with Crippen LogP contribution in [0.1, 0.15) is 38.8 Å². The number of hydrogen-bond acceptors (Lipinski definition) is 6. The van der Waals surface area contributed by atoms with E-state index in [1.165, 1.54) is 0 Å². The minimum absolute atomic E-state index is 0.0560. The van der Waals surface area contributed by atoms with Crippen LogP contribution < -0.4 is 19.7 Å². The Morgan fingerprint density at radius 3 is 2.51 bits per heavy atom. The van der Waals surface area contributed by atoms with Crippen molar-refractivity contribution in [2.75, 3.05) is 17.0 Å². The van der Waals surface area contributed by atoms with Gasteiger partial charge in [-0.2, -0.15) is 0 Å². The van der Waals surface area contributed by atoms with Crippen LogP contribution in [0.3, 0.4) is 0 Å². The normalized spacial score (nSPS) is 24.2. The van der Waals surface area contributed by atoms with E-state index < -0.39 is 23.4 Å². The standard InChI is InChI=1S/C35H25ClN2O5/c1-19-16-29-35(23-10-4-6-12-25(23)37-34(35)41)30(32(39)20-14-15-27-28(17-20)43-18-42-27)31(33(40)22-9-2-5-11-24(22)36)38(29)26-13-7-3-8-21(19)26/h2-17,29-31H,18H2,1H3,(H,37,41)/t29-,30+,31-,35-/m0/s1. The van der Waals surface area contributed by atoms with Crippen molar-refractivity contribution in [3.05, 3.63) is 124 Å². The summed E-state index contributed by atoms with van der Waals surface area (Å²) in [6, 6.07) is 25.4. The summed E-state index contributed by atoms with van der Waals surface area (Å²) in [5.74, 6) is -1.11. The molecule has 4 aliphatic rings. The highest BCUT2D eigenvalue weighted by atomic mass is 35.5. The monoisotopic (exact) mass is 588 g/mol. The molecule has 1 fully saturated rings. The number of ether oxygens (including phenoxy) is 2. The van der Waals surface area contributed by atoms with Crippen molar-refractivity contribution in [2.24, 2.45) is 5.92 Å². The molecule has 1 amide bonds. The maximum atomic E-state index is 15.0. The van der Waals surface area contributed by atoms with Crippen molar-refractivity contribution in [3.63, 3.8) is 0 Å².